The number of nitrogens with zero attached hydrogens (tertiary/aromatic N) is 2. The molecule has 0 heterocycles. The van der Waals surface area contributed by atoms with E-state index < -0.39 is 10.0 Å². The van der Waals surface area contributed by atoms with E-state index in [1.165, 1.54) is 16.4 Å². The number of nitriles is 1. The van der Waals surface area contributed by atoms with Gasteiger partial charge >= 0.3 is 0 Å². The first kappa shape index (κ1) is 14.7. The average molecular weight is 266 g/mol. The van der Waals surface area contributed by atoms with Gasteiger partial charge in [0.15, 0.2) is 0 Å². The molecule has 0 aliphatic carbocycles. The van der Waals surface area contributed by atoms with E-state index >= 15 is 0 Å². The molecule has 0 bridgehead atoms. The Morgan fingerprint density at radius 2 is 2.11 bits per heavy atom. The fourth-order valence-electron chi connectivity index (χ4n) is 1.73. The Bertz CT molecular complexity index is 546. The molecule has 0 spiro atoms. The Morgan fingerprint density at radius 1 is 1.44 bits per heavy atom. The molecule has 18 heavy (non-hydrogen) atoms. The van der Waals surface area contributed by atoms with Crippen LogP contribution in [0.25, 0.3) is 0 Å². The van der Waals surface area contributed by atoms with Crippen LogP contribution in [0, 0.1) is 11.3 Å². The van der Waals surface area contributed by atoms with Gasteiger partial charge in [-0.2, -0.15) is 9.57 Å². The van der Waals surface area contributed by atoms with Crippen LogP contribution >= 0.6 is 0 Å². The van der Waals surface area contributed by atoms with Gasteiger partial charge in [0.25, 0.3) is 0 Å². The molecule has 1 aromatic carbocycles. The first-order chi connectivity index (χ1) is 8.43. The molecule has 0 N–H and O–H groups in total. The monoisotopic (exact) mass is 266 g/mol. The van der Waals surface area contributed by atoms with Crippen molar-refractivity contribution in [1.29, 1.82) is 5.26 Å². The molecule has 1 aromatic rings. The van der Waals surface area contributed by atoms with Crippen LogP contribution in [-0.2, 0) is 10.0 Å². The van der Waals surface area contributed by atoms with Crippen molar-refractivity contribution in [2.75, 3.05) is 7.05 Å². The normalized spacial score (nSPS) is 13.3. The maximum Gasteiger partial charge on any atom is 0.243 e. The Hall–Kier alpha value is -1.38. The van der Waals surface area contributed by atoms with Gasteiger partial charge in [-0.1, -0.05) is 19.4 Å². The highest BCUT2D eigenvalue weighted by atomic mass is 32.2. The Kier molecular flexibility index (Phi) is 4.88. The van der Waals surface area contributed by atoms with E-state index in [2.05, 4.69) is 0 Å². The molecule has 0 amide bonds. The van der Waals surface area contributed by atoms with Crippen molar-refractivity contribution in [2.45, 2.75) is 37.6 Å². The molecule has 0 aromatic heterocycles. The van der Waals surface area contributed by atoms with Crippen LogP contribution in [0.3, 0.4) is 0 Å². The van der Waals surface area contributed by atoms with Crippen LogP contribution < -0.4 is 0 Å². The number of hydrogen-bond acceptors (Lipinski definition) is 3. The van der Waals surface area contributed by atoms with E-state index in [0.717, 1.165) is 12.8 Å². The highest BCUT2D eigenvalue weighted by molar-refractivity contribution is 7.89. The molecule has 0 saturated carbocycles. The lowest BCUT2D eigenvalue weighted by atomic mass is 10.2. The van der Waals surface area contributed by atoms with E-state index in [1.54, 1.807) is 19.2 Å². The van der Waals surface area contributed by atoms with E-state index in [1.807, 2.05) is 19.9 Å². The van der Waals surface area contributed by atoms with Crippen molar-refractivity contribution in [3.63, 3.8) is 0 Å². The van der Waals surface area contributed by atoms with Gasteiger partial charge in [-0.15, -0.1) is 0 Å². The minimum absolute atomic E-state index is 0.0502. The quantitative estimate of drug-likeness (QED) is 0.822. The molecule has 1 rings (SSSR count). The van der Waals surface area contributed by atoms with Crippen LogP contribution in [0.1, 0.15) is 32.3 Å². The van der Waals surface area contributed by atoms with Gasteiger partial charge in [-0.05, 0) is 31.5 Å². The third-order valence-corrected chi connectivity index (χ3v) is 4.94. The van der Waals surface area contributed by atoms with Gasteiger partial charge in [0.05, 0.1) is 16.5 Å². The van der Waals surface area contributed by atoms with Crippen molar-refractivity contribution < 1.29 is 8.42 Å². The van der Waals surface area contributed by atoms with Crippen LogP contribution in [-0.4, -0.2) is 25.8 Å². The van der Waals surface area contributed by atoms with Gasteiger partial charge in [-0.25, -0.2) is 8.42 Å². The largest absolute Gasteiger partial charge is 0.243 e. The summed E-state index contributed by atoms with van der Waals surface area (Å²) < 4.78 is 26.0. The molecule has 0 aliphatic heterocycles. The summed E-state index contributed by atoms with van der Waals surface area (Å²) in [5.74, 6) is 0. The van der Waals surface area contributed by atoms with E-state index in [-0.39, 0.29) is 10.9 Å². The second kappa shape index (κ2) is 5.98. The first-order valence-corrected chi connectivity index (χ1v) is 7.35. The van der Waals surface area contributed by atoms with Crippen molar-refractivity contribution in [3.8, 4) is 6.07 Å². The summed E-state index contributed by atoms with van der Waals surface area (Å²) in [7, 11) is -1.93. The van der Waals surface area contributed by atoms with Crippen molar-refractivity contribution in [1.82, 2.24) is 4.31 Å². The summed E-state index contributed by atoms with van der Waals surface area (Å²) >= 11 is 0. The van der Waals surface area contributed by atoms with E-state index in [9.17, 15) is 8.42 Å². The fraction of sp³-hybridized carbons (Fsp3) is 0.462. The van der Waals surface area contributed by atoms with Crippen molar-refractivity contribution in [3.05, 3.63) is 29.8 Å². The lowest BCUT2D eigenvalue weighted by Gasteiger charge is -2.24. The summed E-state index contributed by atoms with van der Waals surface area (Å²) in [5.41, 5.74) is 0.354. The summed E-state index contributed by atoms with van der Waals surface area (Å²) in [5, 5.41) is 8.80. The summed E-state index contributed by atoms with van der Waals surface area (Å²) in [6, 6.07) is 8.00. The highest BCUT2D eigenvalue weighted by Crippen LogP contribution is 2.19. The number of benzene rings is 1. The molecular weight excluding hydrogens is 248 g/mol. The zero-order chi connectivity index (χ0) is 13.8. The second-order valence-electron chi connectivity index (χ2n) is 4.30. The van der Waals surface area contributed by atoms with Crippen molar-refractivity contribution in [2.24, 2.45) is 0 Å². The van der Waals surface area contributed by atoms with E-state index in [4.69, 9.17) is 5.26 Å². The lowest BCUT2D eigenvalue weighted by molar-refractivity contribution is 0.369. The summed E-state index contributed by atoms with van der Waals surface area (Å²) in [6.45, 7) is 3.91. The Balaban J connectivity index is 3.09. The topological polar surface area (TPSA) is 61.2 Å². The molecule has 4 nitrogen and oxygen atoms in total. The molecular formula is C13H18N2O2S. The highest BCUT2D eigenvalue weighted by Gasteiger charge is 2.24. The number of sulfonamides is 1. The smallest absolute Gasteiger partial charge is 0.207 e. The minimum Gasteiger partial charge on any atom is -0.207 e. The first-order valence-electron chi connectivity index (χ1n) is 5.91. The van der Waals surface area contributed by atoms with Crippen molar-refractivity contribution >= 4 is 10.0 Å². The molecule has 0 radical (unpaired) electrons. The summed E-state index contributed by atoms with van der Waals surface area (Å²) in [6.07, 6.45) is 1.74. The van der Waals surface area contributed by atoms with Crippen LogP contribution in [0.2, 0.25) is 0 Å². The molecule has 0 aliphatic rings. The zero-order valence-corrected chi connectivity index (χ0v) is 11.7. The zero-order valence-electron chi connectivity index (χ0n) is 10.9. The van der Waals surface area contributed by atoms with Gasteiger partial charge in [0.1, 0.15) is 0 Å². The Morgan fingerprint density at radius 3 is 2.67 bits per heavy atom. The lowest BCUT2D eigenvalue weighted by Crippen LogP contribution is -2.35. The summed E-state index contributed by atoms with van der Waals surface area (Å²) in [4.78, 5) is 0.173. The second-order valence-corrected chi connectivity index (χ2v) is 6.30. The maximum absolute atomic E-state index is 12.3. The van der Waals surface area contributed by atoms with Gasteiger partial charge in [-0.3, -0.25) is 0 Å². The van der Waals surface area contributed by atoms with Crippen LogP contribution in [0.4, 0.5) is 0 Å². The third-order valence-electron chi connectivity index (χ3n) is 2.97. The molecule has 0 saturated heterocycles. The van der Waals surface area contributed by atoms with Crippen LogP contribution in [0.5, 0.6) is 0 Å². The third kappa shape index (κ3) is 3.09. The van der Waals surface area contributed by atoms with Gasteiger partial charge in [0, 0.05) is 13.1 Å². The molecule has 98 valence electrons. The number of hydrogen-bond donors (Lipinski definition) is 0. The predicted octanol–water partition coefficient (Wildman–Crippen LogP) is 2.37. The maximum atomic E-state index is 12.3. The fourth-order valence-corrected chi connectivity index (χ4v) is 3.17. The minimum atomic E-state index is -3.51. The standard InChI is InChI=1S/C13H18N2O2S/c1-4-6-11(2)15(3)18(16,17)13-8-5-7-12(9-13)10-14/h5,7-9,11H,4,6H2,1-3H3. The molecule has 0 fully saturated rings. The Labute approximate surface area is 109 Å². The average Bonchev–Trinajstić information content (AvgIpc) is 2.38. The van der Waals surface area contributed by atoms with Gasteiger partial charge < -0.3 is 0 Å². The predicted molar refractivity (Wildman–Crippen MR) is 70.5 cm³/mol. The molecule has 1 atom stereocenters. The number of rotatable bonds is 5. The van der Waals surface area contributed by atoms with Crippen LogP contribution in [0.15, 0.2) is 29.2 Å². The molecule has 5 heteroatoms. The molecule has 1 unspecified atom stereocenters. The SMILES string of the molecule is CCCC(C)N(C)S(=O)(=O)c1cccc(C#N)c1. The van der Waals surface area contributed by atoms with Gasteiger partial charge in [0.2, 0.25) is 10.0 Å². The van der Waals surface area contributed by atoms with E-state index in [0.29, 0.717) is 5.56 Å².